The molecule has 40 heavy (non-hydrogen) atoms. The van der Waals surface area contributed by atoms with E-state index >= 15 is 0 Å². The number of hydrogen-bond acceptors (Lipinski definition) is 7. The second kappa shape index (κ2) is 9.76. The van der Waals surface area contributed by atoms with Crippen molar-refractivity contribution in [2.24, 2.45) is 0 Å². The van der Waals surface area contributed by atoms with Crippen LogP contribution >= 0.6 is 0 Å². The van der Waals surface area contributed by atoms with E-state index in [0.717, 1.165) is 96.0 Å². The van der Waals surface area contributed by atoms with Gasteiger partial charge in [-0.2, -0.15) is 5.10 Å². The van der Waals surface area contributed by atoms with Gasteiger partial charge in [-0.15, -0.1) is 5.10 Å². The molecule has 202 valence electrons. The Balaban J connectivity index is 1.22. The Morgan fingerprint density at radius 2 is 1.75 bits per heavy atom. The lowest BCUT2D eigenvalue weighted by atomic mass is 10.0. The van der Waals surface area contributed by atoms with Crippen molar-refractivity contribution in [2.75, 3.05) is 26.4 Å². The highest BCUT2D eigenvalue weighted by Gasteiger charge is 2.24. The van der Waals surface area contributed by atoms with E-state index in [2.05, 4.69) is 58.1 Å². The predicted octanol–water partition coefficient (Wildman–Crippen LogP) is 5.07. The number of rotatable bonds is 4. The minimum Gasteiger partial charge on any atom is -0.486 e. The second-order valence-electron chi connectivity index (χ2n) is 10.6. The largest absolute Gasteiger partial charge is 0.486 e. The van der Waals surface area contributed by atoms with Crippen LogP contribution in [-0.4, -0.2) is 51.1 Å². The Bertz CT molecular complexity index is 1720. The normalized spacial score (nSPS) is 18.6. The highest BCUT2D eigenvalue weighted by Crippen LogP contribution is 2.38. The summed E-state index contributed by atoms with van der Waals surface area (Å²) >= 11 is 0. The van der Waals surface area contributed by atoms with Crippen molar-refractivity contribution in [3.05, 3.63) is 71.9 Å². The highest BCUT2D eigenvalue weighted by atomic mass is 16.6. The van der Waals surface area contributed by atoms with Crippen LogP contribution in [0.4, 0.5) is 0 Å². The fourth-order valence-corrected chi connectivity index (χ4v) is 5.98. The summed E-state index contributed by atoms with van der Waals surface area (Å²) < 4.78 is 21.6. The summed E-state index contributed by atoms with van der Waals surface area (Å²) in [5.41, 5.74) is 8.40. The smallest absolute Gasteiger partial charge is 0.161 e. The zero-order chi connectivity index (χ0) is 26.5. The lowest BCUT2D eigenvalue weighted by Crippen LogP contribution is -2.23. The molecule has 9 nitrogen and oxygen atoms in total. The van der Waals surface area contributed by atoms with E-state index in [-0.39, 0.29) is 6.23 Å². The van der Waals surface area contributed by atoms with Gasteiger partial charge in [-0.25, -0.2) is 9.36 Å². The number of nitrogens with one attached hydrogen (secondary N) is 1. The summed E-state index contributed by atoms with van der Waals surface area (Å²) in [4.78, 5) is 0. The number of nitrogens with zero attached hydrogens (tertiary/aromatic N) is 5. The summed E-state index contributed by atoms with van der Waals surface area (Å²) in [6.07, 6.45) is 6.09. The van der Waals surface area contributed by atoms with Crippen LogP contribution in [0.1, 0.15) is 36.6 Å². The first-order valence-corrected chi connectivity index (χ1v) is 14.1. The molecule has 1 N–H and O–H groups in total. The van der Waals surface area contributed by atoms with Crippen LogP contribution in [0, 0.1) is 0 Å². The molecule has 3 aliphatic heterocycles. The molecule has 0 radical (unpaired) electrons. The van der Waals surface area contributed by atoms with E-state index in [1.54, 1.807) is 0 Å². The molecule has 1 saturated heterocycles. The first-order chi connectivity index (χ1) is 19.8. The first kappa shape index (κ1) is 23.7. The fraction of sp³-hybridized carbons (Fsp3) is 0.323. The average molecular weight is 535 g/mol. The van der Waals surface area contributed by atoms with E-state index < -0.39 is 0 Å². The lowest BCUT2D eigenvalue weighted by Gasteiger charge is -2.23. The summed E-state index contributed by atoms with van der Waals surface area (Å²) in [6, 6.07) is 19.1. The molecular formula is C31H30N6O3. The second-order valence-corrected chi connectivity index (χ2v) is 10.6. The third-order valence-corrected chi connectivity index (χ3v) is 8.09. The van der Waals surface area contributed by atoms with Gasteiger partial charge in [0, 0.05) is 18.5 Å². The van der Waals surface area contributed by atoms with E-state index in [0.29, 0.717) is 13.2 Å². The monoisotopic (exact) mass is 534 g/mol. The molecule has 1 atom stereocenters. The van der Waals surface area contributed by atoms with E-state index in [9.17, 15) is 0 Å². The molecule has 8 rings (SSSR count). The quantitative estimate of drug-likeness (QED) is 0.345. The molecule has 5 aromatic rings. The fourth-order valence-electron chi connectivity index (χ4n) is 5.98. The van der Waals surface area contributed by atoms with Crippen LogP contribution < -0.4 is 14.8 Å². The third kappa shape index (κ3) is 4.13. The molecule has 0 aliphatic carbocycles. The van der Waals surface area contributed by atoms with E-state index in [4.69, 9.17) is 19.3 Å². The Morgan fingerprint density at radius 1 is 0.850 bits per heavy atom. The topological polar surface area (TPSA) is 88.3 Å². The third-order valence-electron chi connectivity index (χ3n) is 8.09. The Kier molecular flexibility index (Phi) is 5.77. The maximum Gasteiger partial charge on any atom is 0.161 e. The molecule has 1 unspecified atom stereocenters. The van der Waals surface area contributed by atoms with Crippen LogP contribution in [-0.2, 0) is 17.7 Å². The summed E-state index contributed by atoms with van der Waals surface area (Å²) in [6.45, 7) is 3.79. The predicted molar refractivity (Wildman–Crippen MR) is 151 cm³/mol. The van der Waals surface area contributed by atoms with Gasteiger partial charge in [0.15, 0.2) is 17.7 Å². The number of hydrogen-bond donors (Lipinski definition) is 1. The maximum atomic E-state index is 6.15. The molecule has 0 amide bonds. The molecule has 0 bridgehead atoms. The van der Waals surface area contributed by atoms with Crippen LogP contribution in [0.25, 0.3) is 39.1 Å². The minimum absolute atomic E-state index is 0.0895. The van der Waals surface area contributed by atoms with Gasteiger partial charge in [-0.3, -0.25) is 0 Å². The van der Waals surface area contributed by atoms with Gasteiger partial charge in [0.1, 0.15) is 24.6 Å². The first-order valence-electron chi connectivity index (χ1n) is 14.1. The summed E-state index contributed by atoms with van der Waals surface area (Å²) in [7, 11) is 0. The van der Waals surface area contributed by atoms with Crippen molar-refractivity contribution in [2.45, 2.75) is 38.5 Å². The van der Waals surface area contributed by atoms with Crippen LogP contribution in [0.5, 0.6) is 11.5 Å². The average Bonchev–Trinajstić information content (AvgIpc) is 3.66. The van der Waals surface area contributed by atoms with Crippen LogP contribution in [0.3, 0.4) is 0 Å². The lowest BCUT2D eigenvalue weighted by molar-refractivity contribution is -0.0365. The van der Waals surface area contributed by atoms with Crippen molar-refractivity contribution in [1.82, 2.24) is 30.1 Å². The Hall–Kier alpha value is -4.21. The number of aromatic nitrogens is 5. The molecule has 0 saturated carbocycles. The molecule has 3 aliphatic rings. The van der Waals surface area contributed by atoms with Crippen molar-refractivity contribution in [1.29, 1.82) is 0 Å². The van der Waals surface area contributed by atoms with Crippen molar-refractivity contribution >= 4 is 10.9 Å². The van der Waals surface area contributed by atoms with Crippen molar-refractivity contribution in [3.63, 3.8) is 0 Å². The number of fused-ring (bicyclic) bond motifs is 3. The molecule has 5 heterocycles. The summed E-state index contributed by atoms with van der Waals surface area (Å²) in [5, 5.41) is 18.7. The van der Waals surface area contributed by atoms with Gasteiger partial charge in [-0.05, 0) is 90.9 Å². The van der Waals surface area contributed by atoms with Gasteiger partial charge in [-0.1, -0.05) is 23.4 Å². The molecule has 0 spiro atoms. The maximum absolute atomic E-state index is 6.15. The molecular weight excluding hydrogens is 504 g/mol. The van der Waals surface area contributed by atoms with Gasteiger partial charge in [0.25, 0.3) is 0 Å². The van der Waals surface area contributed by atoms with Gasteiger partial charge in [0.05, 0.1) is 17.4 Å². The molecule has 2 aromatic heterocycles. The van der Waals surface area contributed by atoms with Crippen LogP contribution in [0.2, 0.25) is 0 Å². The zero-order valence-corrected chi connectivity index (χ0v) is 22.2. The number of benzene rings is 3. The van der Waals surface area contributed by atoms with E-state index in [1.807, 2.05) is 27.7 Å². The van der Waals surface area contributed by atoms with Gasteiger partial charge >= 0.3 is 0 Å². The minimum atomic E-state index is -0.0895. The van der Waals surface area contributed by atoms with Crippen molar-refractivity contribution < 1.29 is 14.2 Å². The highest BCUT2D eigenvalue weighted by molar-refractivity contribution is 5.95. The zero-order valence-electron chi connectivity index (χ0n) is 22.2. The number of ether oxygens (including phenoxy) is 3. The Morgan fingerprint density at radius 3 is 2.67 bits per heavy atom. The van der Waals surface area contributed by atoms with Gasteiger partial charge in [0.2, 0.25) is 0 Å². The van der Waals surface area contributed by atoms with E-state index in [1.165, 1.54) is 11.1 Å². The van der Waals surface area contributed by atoms with Crippen molar-refractivity contribution in [3.8, 4) is 39.7 Å². The standard InChI is InChI=1S/C31H30N6O3/c1-2-12-40-30(3-1)37-27-8-5-21(22-6-9-28-29(17-22)39-14-13-38-28)16-25(27)31(34-37)26-19-36(35-33-26)24-7-4-20-10-11-32-18-23(20)15-24/h4-9,15-17,19,30,32H,1-3,10-14,18H2. The molecule has 3 aromatic carbocycles. The SMILES string of the molecule is c1cc2c(cc1-c1ccc3c(c1)c(-c1cn(-c4ccc5c(c4)CNCC5)nn1)nn3C1CCCCO1)OCCO2. The van der Waals surface area contributed by atoms with Gasteiger partial charge < -0.3 is 19.5 Å². The van der Waals surface area contributed by atoms with Crippen LogP contribution in [0.15, 0.2) is 60.8 Å². The Labute approximate surface area is 231 Å². The molecule has 9 heteroatoms. The summed E-state index contributed by atoms with van der Waals surface area (Å²) in [5.74, 6) is 1.56. The molecule has 1 fully saturated rings.